The molecule has 0 saturated heterocycles. The van der Waals surface area contributed by atoms with E-state index in [0.717, 1.165) is 0 Å². The zero-order valence-electron chi connectivity index (χ0n) is 11.0. The van der Waals surface area contributed by atoms with Crippen molar-refractivity contribution in [2.24, 2.45) is 0 Å². The van der Waals surface area contributed by atoms with Crippen LogP contribution in [-0.2, 0) is 9.59 Å². The first-order valence-electron chi connectivity index (χ1n) is 6.09. The van der Waals surface area contributed by atoms with Crippen molar-refractivity contribution in [2.45, 2.75) is 32.2 Å². The van der Waals surface area contributed by atoms with Crippen molar-refractivity contribution in [2.75, 3.05) is 0 Å². The second-order valence-corrected chi connectivity index (χ2v) is 4.31. The summed E-state index contributed by atoms with van der Waals surface area (Å²) in [5.74, 6) is -2.78. The number of aryl methyl sites for hydroxylation is 1. The van der Waals surface area contributed by atoms with Gasteiger partial charge in [-0.3, -0.25) is 9.59 Å². The highest BCUT2D eigenvalue weighted by Crippen LogP contribution is 2.04. The molecular formula is C13H16N2O5. The second-order valence-electron chi connectivity index (χ2n) is 4.31. The van der Waals surface area contributed by atoms with Gasteiger partial charge in [-0.1, -0.05) is 6.07 Å². The van der Waals surface area contributed by atoms with Gasteiger partial charge in [0.05, 0.1) is 0 Å². The number of aromatic nitrogens is 1. The topological polar surface area (TPSA) is 117 Å². The lowest BCUT2D eigenvalue weighted by Gasteiger charge is -2.13. The van der Waals surface area contributed by atoms with Crippen LogP contribution < -0.4 is 5.32 Å². The Hall–Kier alpha value is -2.44. The summed E-state index contributed by atoms with van der Waals surface area (Å²) in [5, 5.41) is 19.9. The van der Waals surface area contributed by atoms with Crippen molar-refractivity contribution in [3.8, 4) is 0 Å². The summed E-state index contributed by atoms with van der Waals surface area (Å²) in [7, 11) is 0. The van der Waals surface area contributed by atoms with Crippen molar-refractivity contribution < 1.29 is 24.6 Å². The van der Waals surface area contributed by atoms with Crippen molar-refractivity contribution in [3.05, 3.63) is 29.6 Å². The van der Waals surface area contributed by atoms with Gasteiger partial charge in [-0.05, 0) is 31.9 Å². The predicted molar refractivity (Wildman–Crippen MR) is 69.4 cm³/mol. The van der Waals surface area contributed by atoms with Crippen LogP contribution in [0.2, 0.25) is 0 Å². The normalized spacial score (nSPS) is 11.7. The lowest BCUT2D eigenvalue weighted by Crippen LogP contribution is -2.41. The molecule has 3 N–H and O–H groups in total. The Balaban J connectivity index is 2.63. The third-order valence-corrected chi connectivity index (χ3v) is 2.61. The summed E-state index contributed by atoms with van der Waals surface area (Å²) in [5.41, 5.74) is 0.782. The highest BCUT2D eigenvalue weighted by Gasteiger charge is 2.21. The summed E-state index contributed by atoms with van der Waals surface area (Å²) in [6, 6.07) is 3.73. The maximum atomic E-state index is 11.9. The number of carboxylic acids is 2. The van der Waals surface area contributed by atoms with E-state index >= 15 is 0 Å². The number of carboxylic acid groups (broad SMARTS) is 2. The van der Waals surface area contributed by atoms with Gasteiger partial charge < -0.3 is 15.5 Å². The maximum Gasteiger partial charge on any atom is 0.326 e. The molecule has 0 saturated carbocycles. The molecule has 1 heterocycles. The molecule has 0 aliphatic rings. The Morgan fingerprint density at radius 2 is 2.00 bits per heavy atom. The number of pyridine rings is 1. The fourth-order valence-corrected chi connectivity index (χ4v) is 1.62. The predicted octanol–water partition coefficient (Wildman–Crippen LogP) is 0.828. The molecule has 0 fully saturated rings. The maximum absolute atomic E-state index is 11.9. The monoisotopic (exact) mass is 280 g/mol. The van der Waals surface area contributed by atoms with Gasteiger partial charge in [0.2, 0.25) is 0 Å². The van der Waals surface area contributed by atoms with Crippen LogP contribution in [0.4, 0.5) is 0 Å². The van der Waals surface area contributed by atoms with Crippen LogP contribution in [0.15, 0.2) is 18.2 Å². The van der Waals surface area contributed by atoms with Gasteiger partial charge in [-0.15, -0.1) is 0 Å². The Labute approximate surface area is 115 Å². The standard InChI is InChI=1S/C13H16N2O5/c1-8-4-2-5-9(14-8)12(18)15-10(13(19)20)6-3-7-11(16)17/h2,4-5,10H,3,6-7H2,1H3,(H,15,18)(H,16,17)(H,19,20)/t10-/m1/s1. The molecule has 1 aromatic rings. The molecule has 1 aromatic heterocycles. The minimum Gasteiger partial charge on any atom is -0.481 e. The molecule has 1 atom stereocenters. The molecule has 20 heavy (non-hydrogen) atoms. The molecule has 0 unspecified atom stereocenters. The van der Waals surface area contributed by atoms with Crippen LogP contribution in [-0.4, -0.2) is 39.1 Å². The number of rotatable bonds is 7. The molecule has 0 aliphatic carbocycles. The van der Waals surface area contributed by atoms with Gasteiger partial charge in [-0.2, -0.15) is 0 Å². The largest absolute Gasteiger partial charge is 0.481 e. The summed E-state index contributed by atoms with van der Waals surface area (Å²) < 4.78 is 0. The van der Waals surface area contributed by atoms with Crippen molar-refractivity contribution >= 4 is 17.8 Å². The van der Waals surface area contributed by atoms with E-state index < -0.39 is 23.9 Å². The number of carbonyl (C=O) groups is 3. The molecule has 0 radical (unpaired) electrons. The van der Waals surface area contributed by atoms with Crippen LogP contribution in [0.25, 0.3) is 0 Å². The van der Waals surface area contributed by atoms with Crippen LogP contribution in [0.3, 0.4) is 0 Å². The van der Waals surface area contributed by atoms with Crippen LogP contribution in [0.5, 0.6) is 0 Å². The highest BCUT2D eigenvalue weighted by atomic mass is 16.4. The Kier molecular flexibility index (Phi) is 5.64. The summed E-state index contributed by atoms with van der Waals surface area (Å²) in [6.07, 6.45) is 0.0926. The van der Waals surface area contributed by atoms with Gasteiger partial charge in [0, 0.05) is 12.1 Å². The zero-order chi connectivity index (χ0) is 15.1. The first-order chi connectivity index (χ1) is 9.40. The van der Waals surface area contributed by atoms with Gasteiger partial charge >= 0.3 is 11.9 Å². The SMILES string of the molecule is Cc1cccc(C(=O)N[C@H](CCCC(=O)O)C(=O)O)n1. The third-order valence-electron chi connectivity index (χ3n) is 2.61. The van der Waals surface area contributed by atoms with Crippen molar-refractivity contribution in [3.63, 3.8) is 0 Å². The lowest BCUT2D eigenvalue weighted by molar-refractivity contribution is -0.140. The van der Waals surface area contributed by atoms with Crippen LogP contribution in [0.1, 0.15) is 35.4 Å². The number of hydrogen-bond donors (Lipinski definition) is 3. The van der Waals surface area contributed by atoms with E-state index in [2.05, 4.69) is 10.3 Å². The molecule has 1 amide bonds. The molecule has 108 valence electrons. The molecule has 7 heteroatoms. The quantitative estimate of drug-likeness (QED) is 0.681. The van der Waals surface area contributed by atoms with Gasteiger partial charge in [0.1, 0.15) is 11.7 Å². The van der Waals surface area contributed by atoms with Gasteiger partial charge in [0.25, 0.3) is 5.91 Å². The zero-order valence-corrected chi connectivity index (χ0v) is 11.0. The molecule has 0 spiro atoms. The lowest BCUT2D eigenvalue weighted by atomic mass is 10.1. The highest BCUT2D eigenvalue weighted by molar-refractivity contribution is 5.94. The number of hydrogen-bond acceptors (Lipinski definition) is 4. The molecular weight excluding hydrogens is 264 g/mol. The van der Waals surface area contributed by atoms with E-state index in [-0.39, 0.29) is 25.0 Å². The molecule has 0 aromatic carbocycles. The number of aliphatic carboxylic acids is 2. The van der Waals surface area contributed by atoms with Gasteiger partial charge in [-0.25, -0.2) is 9.78 Å². The van der Waals surface area contributed by atoms with E-state index in [4.69, 9.17) is 10.2 Å². The van der Waals surface area contributed by atoms with E-state index in [0.29, 0.717) is 5.69 Å². The first kappa shape index (κ1) is 15.6. The van der Waals surface area contributed by atoms with E-state index in [1.807, 2.05) is 0 Å². The molecule has 1 rings (SSSR count). The number of carbonyl (C=O) groups excluding carboxylic acids is 1. The Bertz CT molecular complexity index is 515. The number of nitrogens with one attached hydrogen (secondary N) is 1. The third kappa shape index (κ3) is 5.05. The number of amides is 1. The fraction of sp³-hybridized carbons (Fsp3) is 0.385. The minimum absolute atomic E-state index is 0.0548. The van der Waals surface area contributed by atoms with Crippen LogP contribution >= 0.6 is 0 Å². The second kappa shape index (κ2) is 7.22. The van der Waals surface area contributed by atoms with Crippen molar-refractivity contribution in [1.82, 2.24) is 10.3 Å². The number of nitrogens with zero attached hydrogens (tertiary/aromatic N) is 1. The van der Waals surface area contributed by atoms with Crippen LogP contribution in [0, 0.1) is 6.92 Å². The van der Waals surface area contributed by atoms with Crippen molar-refractivity contribution in [1.29, 1.82) is 0 Å². The fourth-order valence-electron chi connectivity index (χ4n) is 1.62. The molecule has 0 aliphatic heterocycles. The first-order valence-corrected chi connectivity index (χ1v) is 6.09. The molecule has 7 nitrogen and oxygen atoms in total. The van der Waals surface area contributed by atoms with E-state index in [1.54, 1.807) is 19.1 Å². The summed E-state index contributed by atoms with van der Waals surface area (Å²) in [4.78, 5) is 37.3. The van der Waals surface area contributed by atoms with E-state index in [9.17, 15) is 14.4 Å². The van der Waals surface area contributed by atoms with E-state index in [1.165, 1.54) is 6.07 Å². The minimum atomic E-state index is -1.20. The Morgan fingerprint density at radius 1 is 1.30 bits per heavy atom. The summed E-state index contributed by atoms with van der Waals surface area (Å²) in [6.45, 7) is 1.72. The smallest absolute Gasteiger partial charge is 0.326 e. The molecule has 0 bridgehead atoms. The summed E-state index contributed by atoms with van der Waals surface area (Å²) >= 11 is 0. The Morgan fingerprint density at radius 3 is 2.55 bits per heavy atom. The average molecular weight is 280 g/mol. The van der Waals surface area contributed by atoms with Gasteiger partial charge in [0.15, 0.2) is 0 Å². The average Bonchev–Trinajstić information content (AvgIpc) is 2.36.